The molecule has 84 valence electrons. The van der Waals surface area contributed by atoms with Crippen molar-refractivity contribution in [3.8, 4) is 0 Å². The third-order valence-corrected chi connectivity index (χ3v) is 3.40. The van der Waals surface area contributed by atoms with Crippen LogP contribution in [0, 0.1) is 5.92 Å². The molecule has 1 N–H and O–H groups in total. The predicted octanol–water partition coefficient (Wildman–Crippen LogP) is 2.27. The van der Waals surface area contributed by atoms with E-state index in [1.165, 1.54) is 0 Å². The highest BCUT2D eigenvalue weighted by molar-refractivity contribution is 4.83. The second-order valence-corrected chi connectivity index (χ2v) is 5.49. The molecule has 0 spiro atoms. The second-order valence-electron chi connectivity index (χ2n) is 5.49. The summed E-state index contributed by atoms with van der Waals surface area (Å²) in [7, 11) is 0. The molecule has 0 aromatic rings. The second kappa shape index (κ2) is 4.63. The van der Waals surface area contributed by atoms with Crippen LogP contribution in [-0.4, -0.2) is 34.7 Å². The van der Waals surface area contributed by atoms with Gasteiger partial charge in [0.1, 0.15) is 0 Å². The molecule has 2 atom stereocenters. The van der Waals surface area contributed by atoms with Crippen molar-refractivity contribution in [3.63, 3.8) is 0 Å². The van der Waals surface area contributed by atoms with E-state index in [0.29, 0.717) is 5.92 Å². The topological polar surface area (TPSA) is 23.5 Å². The maximum absolute atomic E-state index is 9.91. The molecule has 0 aromatic heterocycles. The van der Waals surface area contributed by atoms with Crippen LogP contribution >= 0.6 is 0 Å². The fraction of sp³-hybridized carbons (Fsp3) is 1.00. The summed E-state index contributed by atoms with van der Waals surface area (Å²) in [5.74, 6) is 0.469. The van der Waals surface area contributed by atoms with Gasteiger partial charge in [0.05, 0.1) is 6.10 Å². The number of nitrogens with zero attached hydrogens (tertiary/aromatic N) is 1. The highest BCUT2D eigenvalue weighted by Crippen LogP contribution is 2.24. The fourth-order valence-corrected chi connectivity index (χ4v) is 2.23. The van der Waals surface area contributed by atoms with Gasteiger partial charge in [-0.15, -0.1) is 0 Å². The highest BCUT2D eigenvalue weighted by Gasteiger charge is 2.29. The van der Waals surface area contributed by atoms with Gasteiger partial charge in [-0.3, -0.25) is 4.90 Å². The van der Waals surface area contributed by atoms with Crippen LogP contribution in [0.25, 0.3) is 0 Å². The largest absolute Gasteiger partial charge is 0.393 e. The Hall–Kier alpha value is -0.0800. The van der Waals surface area contributed by atoms with E-state index in [2.05, 4.69) is 32.6 Å². The molecule has 0 amide bonds. The quantitative estimate of drug-likeness (QED) is 0.700. The van der Waals surface area contributed by atoms with E-state index >= 15 is 0 Å². The molecule has 0 saturated carbocycles. The van der Waals surface area contributed by atoms with Crippen molar-refractivity contribution in [2.24, 2.45) is 5.92 Å². The predicted molar refractivity (Wildman–Crippen MR) is 60.3 cm³/mol. The first-order chi connectivity index (χ1) is 6.45. The van der Waals surface area contributed by atoms with Crippen LogP contribution < -0.4 is 0 Å². The van der Waals surface area contributed by atoms with E-state index in [0.717, 1.165) is 32.4 Å². The summed E-state index contributed by atoms with van der Waals surface area (Å²) >= 11 is 0. The first kappa shape index (κ1) is 12.0. The maximum Gasteiger partial charge on any atom is 0.0581 e. The lowest BCUT2D eigenvalue weighted by atomic mass is 9.96. The minimum atomic E-state index is -0.0765. The van der Waals surface area contributed by atoms with Gasteiger partial charge < -0.3 is 5.11 Å². The third-order valence-electron chi connectivity index (χ3n) is 3.40. The standard InChI is InChI=1S/C12H25NO/c1-5-10-9-13(12(2,3)4)8-6-7-11(10)14/h10-11,14H,5-9H2,1-4H3/t10-,11-/m0/s1. The normalized spacial score (nSPS) is 31.5. The summed E-state index contributed by atoms with van der Waals surface area (Å²) < 4.78 is 0. The van der Waals surface area contributed by atoms with Gasteiger partial charge in [0.2, 0.25) is 0 Å². The third kappa shape index (κ3) is 2.96. The summed E-state index contributed by atoms with van der Waals surface area (Å²) in [6.07, 6.45) is 3.13. The Balaban J connectivity index is 2.63. The molecule has 1 heterocycles. The average Bonchev–Trinajstić information content (AvgIpc) is 2.25. The lowest BCUT2D eigenvalue weighted by Gasteiger charge is -2.36. The van der Waals surface area contributed by atoms with Crippen molar-refractivity contribution in [1.82, 2.24) is 4.90 Å². The van der Waals surface area contributed by atoms with Crippen molar-refractivity contribution in [2.75, 3.05) is 13.1 Å². The highest BCUT2D eigenvalue weighted by atomic mass is 16.3. The molecule has 1 fully saturated rings. The Kier molecular flexibility index (Phi) is 3.96. The Morgan fingerprint density at radius 3 is 2.50 bits per heavy atom. The molecular weight excluding hydrogens is 174 g/mol. The number of hydrogen-bond donors (Lipinski definition) is 1. The Morgan fingerprint density at radius 1 is 1.36 bits per heavy atom. The lowest BCUT2D eigenvalue weighted by Crippen LogP contribution is -2.44. The van der Waals surface area contributed by atoms with Gasteiger partial charge in [0, 0.05) is 12.1 Å². The number of rotatable bonds is 1. The van der Waals surface area contributed by atoms with Crippen LogP contribution in [0.15, 0.2) is 0 Å². The molecule has 0 bridgehead atoms. The molecule has 0 radical (unpaired) electrons. The zero-order valence-corrected chi connectivity index (χ0v) is 10.1. The first-order valence-electron chi connectivity index (χ1n) is 5.88. The molecule has 0 aromatic carbocycles. The Bertz CT molecular complexity index is 174. The summed E-state index contributed by atoms with van der Waals surface area (Å²) in [6.45, 7) is 11.2. The number of aliphatic hydroxyl groups excluding tert-OH is 1. The fourth-order valence-electron chi connectivity index (χ4n) is 2.23. The van der Waals surface area contributed by atoms with Gasteiger partial charge in [-0.05, 0) is 52.5 Å². The molecular formula is C12H25NO. The van der Waals surface area contributed by atoms with Crippen molar-refractivity contribution in [3.05, 3.63) is 0 Å². The van der Waals surface area contributed by atoms with Crippen molar-refractivity contribution in [1.29, 1.82) is 0 Å². The van der Waals surface area contributed by atoms with Crippen LogP contribution in [0.4, 0.5) is 0 Å². The van der Waals surface area contributed by atoms with Crippen LogP contribution in [0.5, 0.6) is 0 Å². The maximum atomic E-state index is 9.91. The number of likely N-dealkylation sites (tertiary alicyclic amines) is 1. The molecule has 1 aliphatic rings. The minimum absolute atomic E-state index is 0.0765. The van der Waals surface area contributed by atoms with Gasteiger partial charge in [-0.1, -0.05) is 6.92 Å². The lowest BCUT2D eigenvalue weighted by molar-refractivity contribution is 0.0691. The number of hydrogen-bond acceptors (Lipinski definition) is 2. The average molecular weight is 199 g/mol. The van der Waals surface area contributed by atoms with Crippen molar-refractivity contribution < 1.29 is 5.11 Å². The molecule has 1 aliphatic heterocycles. The molecule has 1 saturated heterocycles. The summed E-state index contributed by atoms with van der Waals surface area (Å²) in [5, 5.41) is 9.91. The van der Waals surface area contributed by atoms with Crippen molar-refractivity contribution in [2.45, 2.75) is 58.6 Å². The van der Waals surface area contributed by atoms with E-state index in [1.807, 2.05) is 0 Å². The molecule has 0 aliphatic carbocycles. The zero-order valence-electron chi connectivity index (χ0n) is 10.1. The smallest absolute Gasteiger partial charge is 0.0581 e. The molecule has 0 unspecified atom stereocenters. The van der Waals surface area contributed by atoms with E-state index < -0.39 is 0 Å². The van der Waals surface area contributed by atoms with Gasteiger partial charge in [0.25, 0.3) is 0 Å². The first-order valence-corrected chi connectivity index (χ1v) is 5.88. The SMILES string of the molecule is CC[C@H]1CN(C(C)(C)C)CCC[C@@H]1O. The van der Waals surface area contributed by atoms with Crippen molar-refractivity contribution >= 4 is 0 Å². The summed E-state index contributed by atoms with van der Waals surface area (Å²) in [4.78, 5) is 2.51. The van der Waals surface area contributed by atoms with Crippen LogP contribution in [0.1, 0.15) is 47.0 Å². The van der Waals surface area contributed by atoms with E-state index in [1.54, 1.807) is 0 Å². The van der Waals surface area contributed by atoms with E-state index in [9.17, 15) is 5.11 Å². The Morgan fingerprint density at radius 2 is 2.00 bits per heavy atom. The minimum Gasteiger partial charge on any atom is -0.393 e. The van der Waals surface area contributed by atoms with Gasteiger partial charge in [-0.25, -0.2) is 0 Å². The monoisotopic (exact) mass is 199 g/mol. The van der Waals surface area contributed by atoms with Gasteiger partial charge in [-0.2, -0.15) is 0 Å². The zero-order chi connectivity index (χ0) is 10.8. The van der Waals surface area contributed by atoms with E-state index in [-0.39, 0.29) is 11.6 Å². The number of aliphatic hydroxyl groups is 1. The van der Waals surface area contributed by atoms with E-state index in [4.69, 9.17) is 0 Å². The molecule has 2 heteroatoms. The van der Waals surface area contributed by atoms with Gasteiger partial charge >= 0.3 is 0 Å². The summed E-state index contributed by atoms with van der Waals surface area (Å²) in [5.41, 5.74) is 0.248. The Labute approximate surface area is 88.3 Å². The molecule has 2 nitrogen and oxygen atoms in total. The molecule has 14 heavy (non-hydrogen) atoms. The van der Waals surface area contributed by atoms with Crippen LogP contribution in [-0.2, 0) is 0 Å². The molecule has 1 rings (SSSR count). The van der Waals surface area contributed by atoms with Crippen LogP contribution in [0.3, 0.4) is 0 Å². The summed E-state index contributed by atoms with van der Waals surface area (Å²) in [6, 6.07) is 0. The van der Waals surface area contributed by atoms with Crippen LogP contribution in [0.2, 0.25) is 0 Å². The van der Waals surface area contributed by atoms with Gasteiger partial charge in [0.15, 0.2) is 0 Å².